The van der Waals surface area contributed by atoms with E-state index in [4.69, 9.17) is 11.6 Å². The van der Waals surface area contributed by atoms with Crippen molar-refractivity contribution >= 4 is 40.9 Å². The van der Waals surface area contributed by atoms with Crippen molar-refractivity contribution in [2.45, 2.75) is 6.92 Å². The molecule has 18 heavy (non-hydrogen) atoms. The van der Waals surface area contributed by atoms with Crippen LogP contribution in [0.5, 0.6) is 0 Å². The number of anilines is 1. The van der Waals surface area contributed by atoms with Crippen LogP contribution in [-0.4, -0.2) is 34.9 Å². The van der Waals surface area contributed by atoms with Crippen molar-refractivity contribution in [2.24, 2.45) is 0 Å². The van der Waals surface area contributed by atoms with Gasteiger partial charge in [-0.3, -0.25) is 9.59 Å². The number of hydrogen-bond acceptors (Lipinski definition) is 3. The molecular formula is C12H13ClN2O2S. The predicted molar refractivity (Wildman–Crippen MR) is 73.9 cm³/mol. The molecule has 1 aliphatic heterocycles. The smallest absolute Gasteiger partial charge is 0.244 e. The van der Waals surface area contributed by atoms with Gasteiger partial charge >= 0.3 is 0 Å². The number of thioether (sulfide) groups is 1. The fraction of sp³-hybridized carbons (Fsp3) is 0.333. The maximum atomic E-state index is 11.8. The van der Waals surface area contributed by atoms with E-state index in [0.29, 0.717) is 22.3 Å². The molecule has 6 heteroatoms. The summed E-state index contributed by atoms with van der Waals surface area (Å²) in [5, 5.41) is 3.22. The zero-order valence-electron chi connectivity index (χ0n) is 9.90. The minimum Gasteiger partial charge on any atom is -0.323 e. The maximum Gasteiger partial charge on any atom is 0.244 e. The van der Waals surface area contributed by atoms with E-state index in [1.165, 1.54) is 16.7 Å². The molecule has 1 N–H and O–H groups in total. The second-order valence-corrected chi connectivity index (χ2v) is 5.46. The lowest BCUT2D eigenvalue weighted by Crippen LogP contribution is -2.34. The van der Waals surface area contributed by atoms with Crippen molar-refractivity contribution in [3.63, 3.8) is 0 Å². The van der Waals surface area contributed by atoms with Crippen LogP contribution < -0.4 is 5.32 Å². The molecule has 0 atom stereocenters. The number of halogens is 1. The first-order valence-electron chi connectivity index (χ1n) is 5.48. The molecule has 1 aromatic rings. The average molecular weight is 285 g/mol. The number of rotatable bonds is 3. The van der Waals surface area contributed by atoms with Crippen LogP contribution in [0.3, 0.4) is 0 Å². The van der Waals surface area contributed by atoms with E-state index in [2.05, 4.69) is 5.32 Å². The SMILES string of the molecule is Cc1ccc(NC(=O)CN2CSCC2=O)c(Cl)c1. The van der Waals surface area contributed by atoms with Gasteiger partial charge in [-0.1, -0.05) is 17.7 Å². The summed E-state index contributed by atoms with van der Waals surface area (Å²) in [7, 11) is 0. The summed E-state index contributed by atoms with van der Waals surface area (Å²) in [5.41, 5.74) is 1.61. The van der Waals surface area contributed by atoms with E-state index >= 15 is 0 Å². The molecule has 1 aliphatic rings. The van der Waals surface area contributed by atoms with Crippen LogP contribution in [-0.2, 0) is 9.59 Å². The summed E-state index contributed by atoms with van der Waals surface area (Å²) in [5.74, 6) is 0.814. The Morgan fingerprint density at radius 3 is 2.94 bits per heavy atom. The number of carbonyl (C=O) groups is 2. The highest BCUT2D eigenvalue weighted by Crippen LogP contribution is 2.23. The fourth-order valence-electron chi connectivity index (χ4n) is 1.62. The van der Waals surface area contributed by atoms with Crippen LogP contribution in [0.4, 0.5) is 5.69 Å². The second-order valence-electron chi connectivity index (χ2n) is 4.10. The van der Waals surface area contributed by atoms with Crippen LogP contribution in [0, 0.1) is 6.92 Å². The number of carbonyl (C=O) groups excluding carboxylic acids is 2. The Morgan fingerprint density at radius 2 is 2.33 bits per heavy atom. The topological polar surface area (TPSA) is 49.4 Å². The summed E-state index contributed by atoms with van der Waals surface area (Å²) >= 11 is 7.53. The van der Waals surface area contributed by atoms with Gasteiger partial charge in [-0.15, -0.1) is 11.8 Å². The number of amides is 2. The van der Waals surface area contributed by atoms with Crippen molar-refractivity contribution in [3.05, 3.63) is 28.8 Å². The van der Waals surface area contributed by atoms with E-state index in [1.807, 2.05) is 13.0 Å². The molecule has 1 fully saturated rings. The molecule has 96 valence electrons. The second kappa shape index (κ2) is 5.63. The van der Waals surface area contributed by atoms with Gasteiger partial charge in [-0.05, 0) is 24.6 Å². The minimum absolute atomic E-state index is 0.00477. The molecule has 1 heterocycles. The largest absolute Gasteiger partial charge is 0.323 e. The number of nitrogens with zero attached hydrogens (tertiary/aromatic N) is 1. The van der Waals surface area contributed by atoms with Crippen molar-refractivity contribution < 1.29 is 9.59 Å². The monoisotopic (exact) mass is 284 g/mol. The van der Waals surface area contributed by atoms with Crippen LogP contribution >= 0.6 is 23.4 Å². The molecule has 4 nitrogen and oxygen atoms in total. The first kappa shape index (κ1) is 13.2. The lowest BCUT2D eigenvalue weighted by Gasteiger charge is -2.14. The highest BCUT2D eigenvalue weighted by Gasteiger charge is 2.22. The molecule has 2 rings (SSSR count). The third-order valence-corrected chi connectivity index (χ3v) is 3.82. The molecule has 0 saturated carbocycles. The molecule has 0 bridgehead atoms. The normalized spacial score (nSPS) is 15.0. The van der Waals surface area contributed by atoms with Gasteiger partial charge in [0.2, 0.25) is 11.8 Å². The summed E-state index contributed by atoms with van der Waals surface area (Å²) in [6.45, 7) is 2.01. The molecule has 1 saturated heterocycles. The van der Waals surface area contributed by atoms with Gasteiger partial charge in [0.05, 0.1) is 22.3 Å². The van der Waals surface area contributed by atoms with Crippen molar-refractivity contribution in [3.8, 4) is 0 Å². The van der Waals surface area contributed by atoms with Gasteiger partial charge in [-0.25, -0.2) is 0 Å². The number of aryl methyl sites for hydroxylation is 1. The Bertz CT molecular complexity index is 493. The fourth-order valence-corrected chi connectivity index (χ4v) is 2.81. The van der Waals surface area contributed by atoms with Gasteiger partial charge in [0.1, 0.15) is 6.54 Å². The maximum absolute atomic E-state index is 11.8. The first-order chi connectivity index (χ1) is 8.56. The molecular weight excluding hydrogens is 272 g/mol. The third-order valence-electron chi connectivity index (χ3n) is 2.56. The van der Waals surface area contributed by atoms with Crippen molar-refractivity contribution in [1.82, 2.24) is 4.90 Å². The van der Waals surface area contributed by atoms with E-state index in [9.17, 15) is 9.59 Å². The Labute approximate surface area is 115 Å². The Morgan fingerprint density at radius 1 is 1.56 bits per heavy atom. The molecule has 0 unspecified atom stereocenters. The number of nitrogens with one attached hydrogen (secondary N) is 1. The molecule has 0 radical (unpaired) electrons. The van der Waals surface area contributed by atoms with Gasteiger partial charge in [0.25, 0.3) is 0 Å². The van der Waals surface area contributed by atoms with E-state index in [1.54, 1.807) is 12.1 Å². The highest BCUT2D eigenvalue weighted by atomic mass is 35.5. The predicted octanol–water partition coefficient (Wildman–Crippen LogP) is 2.12. The summed E-state index contributed by atoms with van der Waals surface area (Å²) < 4.78 is 0. The van der Waals surface area contributed by atoms with Crippen molar-refractivity contribution in [1.29, 1.82) is 0 Å². The van der Waals surface area contributed by atoms with Crippen LogP contribution in [0.25, 0.3) is 0 Å². The van der Waals surface area contributed by atoms with Crippen LogP contribution in [0.1, 0.15) is 5.56 Å². The quantitative estimate of drug-likeness (QED) is 0.925. The summed E-state index contributed by atoms with van der Waals surface area (Å²) in [4.78, 5) is 24.7. The average Bonchev–Trinajstić information content (AvgIpc) is 2.69. The Balaban J connectivity index is 1.96. The van der Waals surface area contributed by atoms with Gasteiger partial charge in [0.15, 0.2) is 0 Å². The Kier molecular flexibility index (Phi) is 4.14. The van der Waals surface area contributed by atoms with E-state index < -0.39 is 0 Å². The van der Waals surface area contributed by atoms with Crippen LogP contribution in [0.15, 0.2) is 18.2 Å². The number of benzene rings is 1. The third kappa shape index (κ3) is 3.17. The van der Waals surface area contributed by atoms with Crippen molar-refractivity contribution in [2.75, 3.05) is 23.5 Å². The van der Waals surface area contributed by atoms with Crippen LogP contribution in [0.2, 0.25) is 5.02 Å². The molecule has 0 aromatic heterocycles. The lowest BCUT2D eigenvalue weighted by molar-refractivity contribution is -0.130. The summed E-state index contributed by atoms with van der Waals surface area (Å²) in [6, 6.07) is 5.42. The van der Waals surface area contributed by atoms with E-state index in [-0.39, 0.29) is 18.4 Å². The number of hydrogen-bond donors (Lipinski definition) is 1. The van der Waals surface area contributed by atoms with Gasteiger partial charge in [-0.2, -0.15) is 0 Å². The Hall–Kier alpha value is -1.20. The molecule has 2 amide bonds. The van der Waals surface area contributed by atoms with Gasteiger partial charge < -0.3 is 10.2 Å². The van der Waals surface area contributed by atoms with Gasteiger partial charge in [0, 0.05) is 0 Å². The lowest BCUT2D eigenvalue weighted by atomic mass is 10.2. The minimum atomic E-state index is -0.225. The summed E-state index contributed by atoms with van der Waals surface area (Å²) in [6.07, 6.45) is 0. The highest BCUT2D eigenvalue weighted by molar-refractivity contribution is 8.00. The van der Waals surface area contributed by atoms with E-state index in [0.717, 1.165) is 5.56 Å². The first-order valence-corrected chi connectivity index (χ1v) is 7.01. The molecule has 1 aromatic carbocycles. The standard InChI is InChI=1S/C12H13ClN2O2S/c1-8-2-3-10(9(13)4-8)14-11(16)5-15-7-18-6-12(15)17/h2-4H,5-7H2,1H3,(H,14,16). The molecule has 0 aliphatic carbocycles. The zero-order valence-corrected chi connectivity index (χ0v) is 11.5. The zero-order chi connectivity index (χ0) is 13.1. The molecule has 0 spiro atoms.